The topological polar surface area (TPSA) is 120 Å². The Balaban J connectivity index is 3.55. The molecule has 0 aromatic heterocycles. The summed E-state index contributed by atoms with van der Waals surface area (Å²) in [5, 5.41) is 13.9. The Kier molecular flexibility index (Phi) is 8.02. The molecule has 20 heavy (non-hydrogen) atoms. The summed E-state index contributed by atoms with van der Waals surface area (Å²) >= 11 is 0. The summed E-state index contributed by atoms with van der Waals surface area (Å²) in [6.45, 7) is 5.34. The molecule has 0 aliphatic carbocycles. The van der Waals surface area contributed by atoms with E-state index in [1.807, 2.05) is 0 Å². The zero-order chi connectivity index (χ0) is 15.6. The first-order valence-electron chi connectivity index (χ1n) is 6.21. The van der Waals surface area contributed by atoms with E-state index in [4.69, 9.17) is 4.74 Å². The maximum absolute atomic E-state index is 11.3. The van der Waals surface area contributed by atoms with Gasteiger partial charge in [0.2, 0.25) is 5.91 Å². The number of ether oxygens (including phenoxy) is 1. The van der Waals surface area contributed by atoms with Gasteiger partial charge in [-0.05, 0) is 33.6 Å². The Bertz CT molecular complexity index is 340. The number of amides is 2. The molecule has 0 spiro atoms. The molecule has 0 unspecified atom stereocenters. The van der Waals surface area contributed by atoms with Gasteiger partial charge in [0.1, 0.15) is 5.60 Å². The summed E-state index contributed by atoms with van der Waals surface area (Å²) in [6, 6.07) is 0. The third-order valence-corrected chi connectivity index (χ3v) is 1.88. The highest BCUT2D eigenvalue weighted by Crippen LogP contribution is 2.05. The van der Waals surface area contributed by atoms with Crippen molar-refractivity contribution in [2.24, 2.45) is 0 Å². The number of alkyl carbamates (subject to hydrolysis) is 1. The lowest BCUT2D eigenvalue weighted by Crippen LogP contribution is -2.39. The van der Waals surface area contributed by atoms with Crippen LogP contribution in [0.2, 0.25) is 0 Å². The number of hydrogen-bond donors (Lipinski definition) is 2. The molecule has 0 saturated heterocycles. The van der Waals surface area contributed by atoms with Crippen molar-refractivity contribution in [3.63, 3.8) is 0 Å². The van der Waals surface area contributed by atoms with Gasteiger partial charge in [0.25, 0.3) is 5.09 Å². The lowest BCUT2D eigenvalue weighted by Gasteiger charge is -2.19. The average Bonchev–Trinajstić information content (AvgIpc) is 2.28. The van der Waals surface area contributed by atoms with Gasteiger partial charge in [-0.3, -0.25) is 4.79 Å². The molecule has 2 amide bonds. The zero-order valence-electron chi connectivity index (χ0n) is 11.9. The van der Waals surface area contributed by atoms with Crippen LogP contribution in [0, 0.1) is 10.1 Å². The molecular weight excluding hydrogens is 270 g/mol. The first-order chi connectivity index (χ1) is 9.20. The van der Waals surface area contributed by atoms with Gasteiger partial charge in [0, 0.05) is 6.54 Å². The van der Waals surface area contributed by atoms with Crippen molar-refractivity contribution in [1.82, 2.24) is 10.6 Å². The van der Waals surface area contributed by atoms with Crippen molar-refractivity contribution >= 4 is 12.0 Å². The van der Waals surface area contributed by atoms with E-state index in [2.05, 4.69) is 15.5 Å². The number of hydrogen-bond acceptors (Lipinski definition) is 6. The van der Waals surface area contributed by atoms with Gasteiger partial charge in [-0.2, -0.15) is 0 Å². The Morgan fingerprint density at radius 1 is 1.20 bits per heavy atom. The summed E-state index contributed by atoms with van der Waals surface area (Å²) in [5.74, 6) is -0.356. The van der Waals surface area contributed by atoms with Crippen LogP contribution >= 0.6 is 0 Å². The largest absolute Gasteiger partial charge is 0.444 e. The van der Waals surface area contributed by atoms with Crippen LogP contribution in [0.25, 0.3) is 0 Å². The van der Waals surface area contributed by atoms with Crippen molar-refractivity contribution < 1.29 is 24.3 Å². The van der Waals surface area contributed by atoms with Crippen LogP contribution in [0.15, 0.2) is 0 Å². The highest BCUT2D eigenvalue weighted by molar-refractivity contribution is 5.82. The summed E-state index contributed by atoms with van der Waals surface area (Å²) in [6.07, 6.45) is 0.347. The van der Waals surface area contributed by atoms with Crippen LogP contribution in [0.3, 0.4) is 0 Å². The smallest absolute Gasteiger partial charge is 0.408 e. The molecule has 0 atom stereocenters. The summed E-state index contributed by atoms with van der Waals surface area (Å²) in [5.41, 5.74) is -0.614. The molecule has 0 fully saturated rings. The predicted octanol–water partition coefficient (Wildman–Crippen LogP) is 0.616. The van der Waals surface area contributed by atoms with Crippen LogP contribution < -0.4 is 10.6 Å². The molecule has 0 heterocycles. The predicted molar refractivity (Wildman–Crippen MR) is 69.4 cm³/mol. The first-order valence-corrected chi connectivity index (χ1v) is 6.21. The Morgan fingerprint density at radius 2 is 1.85 bits per heavy atom. The van der Waals surface area contributed by atoms with E-state index in [0.29, 0.717) is 19.4 Å². The number of carbonyl (C=O) groups is 2. The maximum atomic E-state index is 11.3. The van der Waals surface area contributed by atoms with E-state index in [1.165, 1.54) is 0 Å². The Morgan fingerprint density at radius 3 is 2.40 bits per heavy atom. The molecule has 0 aliphatic heterocycles. The minimum Gasteiger partial charge on any atom is -0.444 e. The molecule has 0 aromatic rings. The standard InChI is InChI=1S/C11H21N3O6/c1-11(2,3)20-10(16)13-8-9(15)12-6-4-5-7-19-14(17)18/h4-8H2,1-3H3,(H,12,15)(H,13,16). The fourth-order valence-corrected chi connectivity index (χ4v) is 1.12. The van der Waals surface area contributed by atoms with Gasteiger partial charge in [0.15, 0.2) is 0 Å². The van der Waals surface area contributed by atoms with Crippen LogP contribution in [0.4, 0.5) is 4.79 Å². The minimum absolute atomic E-state index is 0.000963. The van der Waals surface area contributed by atoms with Gasteiger partial charge in [-0.1, -0.05) is 0 Å². The molecule has 116 valence electrons. The average molecular weight is 291 g/mol. The normalized spacial score (nSPS) is 10.6. The molecule has 0 aliphatic rings. The van der Waals surface area contributed by atoms with Gasteiger partial charge in [0.05, 0.1) is 13.2 Å². The molecule has 0 rings (SSSR count). The summed E-state index contributed by atoms with van der Waals surface area (Å²) < 4.78 is 4.96. The summed E-state index contributed by atoms with van der Waals surface area (Å²) in [7, 11) is 0. The fourth-order valence-electron chi connectivity index (χ4n) is 1.12. The second-order valence-electron chi connectivity index (χ2n) is 4.97. The number of rotatable bonds is 8. The number of unbranched alkanes of at least 4 members (excludes halogenated alkanes) is 1. The molecule has 9 nitrogen and oxygen atoms in total. The van der Waals surface area contributed by atoms with Gasteiger partial charge < -0.3 is 20.2 Å². The molecule has 0 radical (unpaired) electrons. The fraction of sp³-hybridized carbons (Fsp3) is 0.818. The molecule has 0 saturated carbocycles. The van der Waals surface area contributed by atoms with Gasteiger partial charge in [-0.15, -0.1) is 10.1 Å². The molecular formula is C11H21N3O6. The van der Waals surface area contributed by atoms with Gasteiger partial charge >= 0.3 is 6.09 Å². The van der Waals surface area contributed by atoms with Crippen LogP contribution in [-0.2, 0) is 14.4 Å². The zero-order valence-corrected chi connectivity index (χ0v) is 11.9. The van der Waals surface area contributed by atoms with Crippen molar-refractivity contribution in [3.8, 4) is 0 Å². The van der Waals surface area contributed by atoms with Crippen molar-refractivity contribution in [1.29, 1.82) is 0 Å². The van der Waals surface area contributed by atoms with E-state index in [0.717, 1.165) is 0 Å². The number of carbonyl (C=O) groups excluding carboxylic acids is 2. The minimum atomic E-state index is -0.858. The van der Waals surface area contributed by atoms with Gasteiger partial charge in [-0.25, -0.2) is 4.79 Å². The lowest BCUT2D eigenvalue weighted by atomic mass is 10.2. The number of nitrogens with zero attached hydrogens (tertiary/aromatic N) is 1. The number of nitrogens with one attached hydrogen (secondary N) is 2. The van der Waals surface area contributed by atoms with E-state index < -0.39 is 16.8 Å². The molecule has 0 aromatic carbocycles. The maximum Gasteiger partial charge on any atom is 0.408 e. The van der Waals surface area contributed by atoms with Crippen LogP contribution in [-0.4, -0.2) is 42.4 Å². The molecule has 0 bridgehead atoms. The lowest BCUT2D eigenvalue weighted by molar-refractivity contribution is -0.757. The third kappa shape index (κ3) is 12.4. The van der Waals surface area contributed by atoms with E-state index in [1.54, 1.807) is 20.8 Å². The Hall–Kier alpha value is -2.06. The highest BCUT2D eigenvalue weighted by Gasteiger charge is 2.16. The van der Waals surface area contributed by atoms with E-state index in [-0.39, 0.29) is 19.1 Å². The summed E-state index contributed by atoms with van der Waals surface area (Å²) in [4.78, 5) is 36.5. The molecule has 9 heteroatoms. The van der Waals surface area contributed by atoms with Crippen molar-refractivity contribution in [2.75, 3.05) is 19.7 Å². The second-order valence-corrected chi connectivity index (χ2v) is 4.97. The second kappa shape index (κ2) is 8.94. The van der Waals surface area contributed by atoms with E-state index in [9.17, 15) is 19.7 Å². The van der Waals surface area contributed by atoms with Crippen molar-refractivity contribution in [2.45, 2.75) is 39.2 Å². The van der Waals surface area contributed by atoms with E-state index >= 15 is 0 Å². The highest BCUT2D eigenvalue weighted by atomic mass is 16.9. The van der Waals surface area contributed by atoms with Crippen LogP contribution in [0.1, 0.15) is 33.6 Å². The monoisotopic (exact) mass is 291 g/mol. The Labute approximate surface area is 117 Å². The molecule has 2 N–H and O–H groups in total. The van der Waals surface area contributed by atoms with Crippen molar-refractivity contribution in [3.05, 3.63) is 10.1 Å². The first kappa shape index (κ1) is 17.9. The third-order valence-electron chi connectivity index (χ3n) is 1.88. The quantitative estimate of drug-likeness (QED) is 0.384. The SMILES string of the molecule is CC(C)(C)OC(=O)NCC(=O)NCCCCO[N+](=O)[O-]. The van der Waals surface area contributed by atoms with Crippen LogP contribution in [0.5, 0.6) is 0 Å².